The van der Waals surface area contributed by atoms with E-state index in [1.54, 1.807) is 7.05 Å². The van der Waals surface area contributed by atoms with Crippen molar-refractivity contribution in [3.8, 4) is 0 Å². The highest BCUT2D eigenvalue weighted by Crippen LogP contribution is 2.31. The summed E-state index contributed by atoms with van der Waals surface area (Å²) in [6, 6.07) is 8.04. The number of aliphatic hydroxyl groups is 1. The van der Waals surface area contributed by atoms with Gasteiger partial charge < -0.3 is 20.5 Å². The number of hydrogen-bond acceptors (Lipinski definition) is 3. The number of aliphatic imine (C=N–C) groups is 1. The molecule has 1 heterocycles. The molecule has 26 heavy (non-hydrogen) atoms. The number of halogens is 2. The number of aliphatic hydroxyl groups excluding tert-OH is 1. The van der Waals surface area contributed by atoms with Crippen molar-refractivity contribution >= 4 is 41.5 Å². The zero-order chi connectivity index (χ0) is 18.1. The molecule has 0 radical (unpaired) electrons. The second kappa shape index (κ2) is 12.0. The summed E-state index contributed by atoms with van der Waals surface area (Å²) in [4.78, 5) is 4.32. The molecule has 0 aliphatic carbocycles. The van der Waals surface area contributed by atoms with Crippen LogP contribution < -0.4 is 10.6 Å². The molecule has 1 saturated heterocycles. The Kier molecular flexibility index (Phi) is 10.8. The maximum absolute atomic E-state index is 9.33. The first-order valence-corrected chi connectivity index (χ1v) is 9.39. The van der Waals surface area contributed by atoms with Gasteiger partial charge in [-0.1, -0.05) is 30.7 Å². The third kappa shape index (κ3) is 6.87. The minimum atomic E-state index is 0. The molecule has 7 heteroatoms. The second-order valence-electron chi connectivity index (χ2n) is 6.74. The molecule has 2 rings (SSSR count). The number of hydrogen-bond donors (Lipinski definition) is 3. The van der Waals surface area contributed by atoms with Crippen LogP contribution in [0.1, 0.15) is 37.7 Å². The van der Waals surface area contributed by atoms with Gasteiger partial charge in [0.1, 0.15) is 0 Å². The summed E-state index contributed by atoms with van der Waals surface area (Å²) < 4.78 is 5.54. The van der Waals surface area contributed by atoms with Crippen LogP contribution in [0, 0.1) is 5.41 Å². The van der Waals surface area contributed by atoms with E-state index in [4.69, 9.17) is 16.3 Å². The van der Waals surface area contributed by atoms with E-state index in [1.807, 2.05) is 12.1 Å². The number of ether oxygens (including phenoxy) is 1. The van der Waals surface area contributed by atoms with Gasteiger partial charge in [-0.25, -0.2) is 0 Å². The Morgan fingerprint density at radius 1 is 1.35 bits per heavy atom. The van der Waals surface area contributed by atoms with Gasteiger partial charge in [-0.15, -0.1) is 24.0 Å². The predicted molar refractivity (Wildman–Crippen MR) is 119 cm³/mol. The fourth-order valence-corrected chi connectivity index (χ4v) is 3.38. The third-order valence-electron chi connectivity index (χ3n) is 5.03. The van der Waals surface area contributed by atoms with E-state index in [0.717, 1.165) is 49.9 Å². The minimum absolute atomic E-state index is 0. The van der Waals surface area contributed by atoms with Gasteiger partial charge in [0, 0.05) is 49.7 Å². The third-order valence-corrected chi connectivity index (χ3v) is 5.28. The fourth-order valence-electron chi connectivity index (χ4n) is 3.26. The molecule has 0 bridgehead atoms. The van der Waals surface area contributed by atoms with Crippen LogP contribution in [0.5, 0.6) is 0 Å². The van der Waals surface area contributed by atoms with Crippen LogP contribution in [0.2, 0.25) is 5.02 Å². The van der Waals surface area contributed by atoms with Crippen LogP contribution >= 0.6 is 35.6 Å². The average molecular weight is 496 g/mol. The smallest absolute Gasteiger partial charge is 0.191 e. The Labute approximate surface area is 179 Å². The Hall–Kier alpha value is -0.570. The normalized spacial score (nSPS) is 21.2. The monoisotopic (exact) mass is 495 g/mol. The summed E-state index contributed by atoms with van der Waals surface area (Å²) in [5.74, 6) is 1.19. The quantitative estimate of drug-likeness (QED) is 0.294. The zero-order valence-corrected chi connectivity index (χ0v) is 18.7. The molecule has 2 unspecified atom stereocenters. The van der Waals surface area contributed by atoms with E-state index >= 15 is 0 Å². The number of nitrogens with zero attached hydrogens (tertiary/aromatic N) is 1. The van der Waals surface area contributed by atoms with E-state index in [2.05, 4.69) is 34.7 Å². The van der Waals surface area contributed by atoms with Crippen LogP contribution in [-0.4, -0.2) is 51.0 Å². The first kappa shape index (κ1) is 23.5. The summed E-state index contributed by atoms with van der Waals surface area (Å²) in [6.07, 6.45) is 2.76. The van der Waals surface area contributed by atoms with Crippen molar-refractivity contribution < 1.29 is 9.84 Å². The highest BCUT2D eigenvalue weighted by atomic mass is 127. The van der Waals surface area contributed by atoms with Crippen LogP contribution in [-0.2, 0) is 4.74 Å². The van der Waals surface area contributed by atoms with Gasteiger partial charge >= 0.3 is 0 Å². The van der Waals surface area contributed by atoms with Crippen molar-refractivity contribution in [2.45, 2.75) is 32.1 Å². The highest BCUT2D eigenvalue weighted by molar-refractivity contribution is 14.0. The molecule has 1 aromatic carbocycles. The van der Waals surface area contributed by atoms with Crippen molar-refractivity contribution in [1.82, 2.24) is 10.6 Å². The lowest BCUT2D eigenvalue weighted by atomic mass is 9.84. The van der Waals surface area contributed by atoms with Crippen molar-refractivity contribution in [3.63, 3.8) is 0 Å². The molecular formula is C19H31ClIN3O2. The zero-order valence-electron chi connectivity index (χ0n) is 15.6. The molecule has 0 spiro atoms. The molecule has 2 atom stereocenters. The van der Waals surface area contributed by atoms with Crippen molar-refractivity contribution in [1.29, 1.82) is 0 Å². The molecular weight excluding hydrogens is 465 g/mol. The average Bonchev–Trinajstić information content (AvgIpc) is 3.08. The van der Waals surface area contributed by atoms with Crippen molar-refractivity contribution in [3.05, 3.63) is 34.9 Å². The Morgan fingerprint density at radius 2 is 2.08 bits per heavy atom. The topological polar surface area (TPSA) is 65.9 Å². The number of nitrogens with one attached hydrogen (secondary N) is 2. The molecule has 0 saturated carbocycles. The van der Waals surface area contributed by atoms with Crippen LogP contribution in [0.3, 0.4) is 0 Å². The van der Waals surface area contributed by atoms with E-state index in [1.165, 1.54) is 5.56 Å². The molecule has 1 aliphatic rings. The maximum Gasteiger partial charge on any atom is 0.191 e. The molecule has 0 aromatic heterocycles. The van der Waals surface area contributed by atoms with Gasteiger partial charge in [0.05, 0.1) is 6.61 Å². The first-order valence-electron chi connectivity index (χ1n) is 9.01. The molecule has 148 valence electrons. The van der Waals surface area contributed by atoms with E-state index in [0.29, 0.717) is 12.5 Å². The van der Waals surface area contributed by atoms with Gasteiger partial charge in [-0.3, -0.25) is 4.99 Å². The van der Waals surface area contributed by atoms with Gasteiger partial charge in [0.2, 0.25) is 0 Å². The number of guanidine groups is 1. The molecule has 0 amide bonds. The molecule has 1 fully saturated rings. The minimum Gasteiger partial charge on any atom is -0.396 e. The largest absolute Gasteiger partial charge is 0.396 e. The first-order chi connectivity index (χ1) is 12.1. The molecule has 3 N–H and O–H groups in total. The summed E-state index contributed by atoms with van der Waals surface area (Å²) in [7, 11) is 1.78. The van der Waals surface area contributed by atoms with E-state index in [9.17, 15) is 5.11 Å². The summed E-state index contributed by atoms with van der Waals surface area (Å²) in [5, 5.41) is 16.9. The van der Waals surface area contributed by atoms with Crippen molar-refractivity contribution in [2.24, 2.45) is 10.4 Å². The lowest BCUT2D eigenvalue weighted by Crippen LogP contribution is -2.45. The van der Waals surface area contributed by atoms with E-state index < -0.39 is 0 Å². The van der Waals surface area contributed by atoms with Gasteiger partial charge in [-0.05, 0) is 37.0 Å². The lowest BCUT2D eigenvalue weighted by molar-refractivity contribution is 0.127. The predicted octanol–water partition coefficient (Wildman–Crippen LogP) is 3.41. The van der Waals surface area contributed by atoms with Crippen molar-refractivity contribution in [2.75, 3.05) is 40.0 Å². The molecule has 5 nitrogen and oxygen atoms in total. The Morgan fingerprint density at radius 3 is 2.62 bits per heavy atom. The number of benzene rings is 1. The lowest BCUT2D eigenvalue weighted by Gasteiger charge is -2.28. The summed E-state index contributed by atoms with van der Waals surface area (Å²) in [5.41, 5.74) is 1.28. The second-order valence-corrected chi connectivity index (χ2v) is 7.18. The fraction of sp³-hybridized carbons (Fsp3) is 0.632. The Balaban J connectivity index is 0.00000338. The Bertz CT molecular complexity index is 548. The standard InChI is InChI=1S/C19H30ClN3O2.HI/c1-3-15(16-4-6-17(20)7-5-16)12-22-18(21-2)23-13-19(8-10-24)9-11-25-14-19;/h4-7,15,24H,3,8-14H2,1-2H3,(H2,21,22,23);1H. The summed E-state index contributed by atoms with van der Waals surface area (Å²) >= 11 is 5.98. The van der Waals surface area contributed by atoms with Gasteiger partial charge in [0.15, 0.2) is 5.96 Å². The number of rotatable bonds is 8. The van der Waals surface area contributed by atoms with Gasteiger partial charge in [0.25, 0.3) is 0 Å². The van der Waals surface area contributed by atoms with Gasteiger partial charge in [-0.2, -0.15) is 0 Å². The SMILES string of the molecule is CCC(CNC(=NC)NCC1(CCO)CCOC1)c1ccc(Cl)cc1.I. The highest BCUT2D eigenvalue weighted by Gasteiger charge is 2.34. The van der Waals surface area contributed by atoms with Crippen LogP contribution in [0.4, 0.5) is 0 Å². The summed E-state index contributed by atoms with van der Waals surface area (Å²) in [6.45, 7) is 5.39. The maximum atomic E-state index is 9.33. The van der Waals surface area contributed by atoms with Crippen LogP contribution in [0.15, 0.2) is 29.3 Å². The molecule has 1 aliphatic heterocycles. The van der Waals surface area contributed by atoms with E-state index in [-0.39, 0.29) is 36.0 Å². The van der Waals surface area contributed by atoms with Crippen LogP contribution in [0.25, 0.3) is 0 Å². The molecule has 1 aromatic rings.